The molecule has 0 saturated carbocycles. The van der Waals surface area contributed by atoms with E-state index < -0.39 is 17.8 Å². The van der Waals surface area contributed by atoms with Gasteiger partial charge in [-0.1, -0.05) is 11.6 Å². The van der Waals surface area contributed by atoms with Crippen molar-refractivity contribution in [1.29, 1.82) is 0 Å². The van der Waals surface area contributed by atoms with Crippen molar-refractivity contribution in [2.24, 2.45) is 13.0 Å². The first kappa shape index (κ1) is 38.9. The summed E-state index contributed by atoms with van der Waals surface area (Å²) >= 11 is 6.50. The zero-order valence-electron chi connectivity index (χ0n) is 29.1. The van der Waals surface area contributed by atoms with E-state index >= 15 is 0 Å². The third kappa shape index (κ3) is 8.69. The lowest BCUT2D eigenvalue weighted by Gasteiger charge is -2.38. The summed E-state index contributed by atoms with van der Waals surface area (Å²) in [5, 5.41) is 20.0. The molecule has 16 nitrogen and oxygen atoms in total. The highest BCUT2D eigenvalue weighted by Gasteiger charge is 2.39. The molecule has 0 aliphatic carbocycles. The predicted octanol–water partition coefficient (Wildman–Crippen LogP) is 3.39. The Bertz CT molecular complexity index is 1940. The van der Waals surface area contributed by atoms with E-state index in [0.29, 0.717) is 31.7 Å². The van der Waals surface area contributed by atoms with Crippen LogP contribution in [-0.2, 0) is 34.2 Å². The molecule has 4 aromatic rings. The van der Waals surface area contributed by atoms with Crippen LogP contribution < -0.4 is 5.32 Å². The average molecular weight is 763 g/mol. The van der Waals surface area contributed by atoms with Crippen LogP contribution in [0.3, 0.4) is 0 Å². The molecular formula is C33H38ClF3N10O6. The molecule has 3 aromatic heterocycles. The number of imidazole rings is 1. The highest BCUT2D eigenvalue weighted by atomic mass is 35.5. The Morgan fingerprint density at radius 1 is 1.09 bits per heavy atom. The van der Waals surface area contributed by atoms with Gasteiger partial charge in [-0.25, -0.2) is 9.67 Å². The number of benzene rings is 1. The largest absolute Gasteiger partial charge is 0.483 e. The number of carbonyl (C=O) groups excluding carboxylic acids is 3. The molecule has 0 unspecified atom stereocenters. The number of anilines is 1. The summed E-state index contributed by atoms with van der Waals surface area (Å²) in [4.78, 5) is 57.7. The molecule has 3 amide bonds. The number of halogens is 4. The maximum absolute atomic E-state index is 14.1. The van der Waals surface area contributed by atoms with Crippen LogP contribution >= 0.6 is 11.6 Å². The summed E-state index contributed by atoms with van der Waals surface area (Å²) in [6.07, 6.45) is 0.667. The van der Waals surface area contributed by atoms with Crippen molar-refractivity contribution in [2.45, 2.75) is 25.6 Å². The molecule has 0 radical (unpaired) electrons. The first-order valence-electron chi connectivity index (χ1n) is 16.4. The molecule has 2 fully saturated rings. The second kappa shape index (κ2) is 16.6. The van der Waals surface area contributed by atoms with Gasteiger partial charge in [0.25, 0.3) is 18.3 Å². The fraction of sp³-hybridized carbons (Fsp3) is 0.424. The van der Waals surface area contributed by atoms with Crippen LogP contribution in [0.4, 0.5) is 18.9 Å². The number of H-pyrrole nitrogens is 1. The van der Waals surface area contributed by atoms with Gasteiger partial charge >= 0.3 is 6.18 Å². The lowest BCUT2D eigenvalue weighted by molar-refractivity contribution is -0.141. The zero-order chi connectivity index (χ0) is 38.4. The summed E-state index contributed by atoms with van der Waals surface area (Å²) in [5.74, 6) is -0.896. The van der Waals surface area contributed by atoms with Gasteiger partial charge in [0.2, 0.25) is 5.91 Å². The normalized spacial score (nSPS) is 15.5. The number of hydrogen-bond donors (Lipinski definition) is 3. The Morgan fingerprint density at radius 2 is 1.75 bits per heavy atom. The molecule has 5 heterocycles. The topological polar surface area (TPSA) is 184 Å². The molecule has 20 heteroatoms. The van der Waals surface area contributed by atoms with Crippen LogP contribution in [0.25, 0.3) is 17.1 Å². The number of nitrogens with zero attached hydrogens (tertiary/aromatic N) is 8. The van der Waals surface area contributed by atoms with E-state index in [9.17, 15) is 27.6 Å². The van der Waals surface area contributed by atoms with Crippen LogP contribution in [0.15, 0.2) is 36.8 Å². The van der Waals surface area contributed by atoms with E-state index in [1.807, 2.05) is 11.9 Å². The lowest BCUT2D eigenvalue weighted by atomic mass is 9.95. The van der Waals surface area contributed by atoms with Crippen LogP contribution in [0.1, 0.15) is 45.1 Å². The van der Waals surface area contributed by atoms with Gasteiger partial charge in [-0.05, 0) is 51.2 Å². The summed E-state index contributed by atoms with van der Waals surface area (Å²) in [6, 6.07) is 4.43. The fourth-order valence-corrected chi connectivity index (χ4v) is 6.55. The van der Waals surface area contributed by atoms with Crippen molar-refractivity contribution in [3.8, 4) is 17.1 Å². The second-order valence-electron chi connectivity index (χ2n) is 12.5. The Labute approximate surface area is 306 Å². The minimum absolute atomic E-state index is 0.00956. The molecule has 284 valence electrons. The second-order valence-corrected chi connectivity index (χ2v) is 12.9. The van der Waals surface area contributed by atoms with Gasteiger partial charge in [0, 0.05) is 69.9 Å². The summed E-state index contributed by atoms with van der Waals surface area (Å²) in [7, 11) is 4.91. The van der Waals surface area contributed by atoms with Gasteiger partial charge < -0.3 is 34.4 Å². The molecule has 53 heavy (non-hydrogen) atoms. The van der Waals surface area contributed by atoms with Crippen LogP contribution in [0, 0.1) is 5.92 Å². The Morgan fingerprint density at radius 3 is 2.38 bits per heavy atom. The number of methoxy groups -OCH3 is 1. The van der Waals surface area contributed by atoms with Crippen molar-refractivity contribution >= 4 is 41.5 Å². The van der Waals surface area contributed by atoms with E-state index in [0.717, 1.165) is 36.8 Å². The van der Waals surface area contributed by atoms with Gasteiger partial charge in [-0.3, -0.25) is 24.3 Å². The number of aromatic nitrogens is 6. The van der Waals surface area contributed by atoms with Crippen molar-refractivity contribution in [2.75, 3.05) is 58.7 Å². The van der Waals surface area contributed by atoms with E-state index in [1.54, 1.807) is 4.90 Å². The SMILES string of the molecule is COCc1c[nH]nc1-n1cc(-c2cnc(C(=O)Nc3ccc(C(=O)N4CCN(C(=O)C5CCN(C)CC5)CC4)c(Cl)c3)n2C)c(C(F)(F)F)n1.O=CO. The fourth-order valence-electron chi connectivity index (χ4n) is 6.29. The van der Waals surface area contributed by atoms with Gasteiger partial charge in [0.1, 0.15) is 0 Å². The monoisotopic (exact) mass is 762 g/mol. The van der Waals surface area contributed by atoms with E-state index in [4.69, 9.17) is 26.2 Å². The molecule has 1 aromatic carbocycles. The highest BCUT2D eigenvalue weighted by Crippen LogP contribution is 2.37. The summed E-state index contributed by atoms with van der Waals surface area (Å²) in [6.45, 7) is 3.26. The lowest BCUT2D eigenvalue weighted by Crippen LogP contribution is -2.52. The smallest absolute Gasteiger partial charge is 0.435 e. The first-order chi connectivity index (χ1) is 25.3. The Kier molecular flexibility index (Phi) is 12.2. The zero-order valence-corrected chi connectivity index (χ0v) is 29.8. The maximum atomic E-state index is 14.1. The van der Waals surface area contributed by atoms with Gasteiger partial charge in [-0.15, -0.1) is 0 Å². The number of hydrogen-bond acceptors (Lipinski definition) is 9. The van der Waals surface area contributed by atoms with E-state index in [2.05, 4.69) is 30.5 Å². The third-order valence-electron chi connectivity index (χ3n) is 9.07. The molecule has 2 aliphatic rings. The number of ether oxygens (including phenoxy) is 1. The van der Waals surface area contributed by atoms with E-state index in [1.165, 1.54) is 49.3 Å². The molecule has 0 bridgehead atoms. The van der Waals surface area contributed by atoms with Crippen molar-refractivity contribution in [3.05, 3.63) is 64.5 Å². The molecule has 0 spiro atoms. The molecule has 0 atom stereocenters. The number of carbonyl (C=O) groups is 4. The number of piperazine rings is 1. The van der Waals surface area contributed by atoms with Gasteiger partial charge in [0.15, 0.2) is 17.3 Å². The van der Waals surface area contributed by atoms with Gasteiger partial charge in [-0.2, -0.15) is 23.4 Å². The highest BCUT2D eigenvalue weighted by molar-refractivity contribution is 6.34. The quantitative estimate of drug-likeness (QED) is 0.225. The van der Waals surface area contributed by atoms with Crippen LogP contribution in [-0.4, -0.2) is 127 Å². The average Bonchev–Trinajstić information content (AvgIpc) is 3.87. The predicted molar refractivity (Wildman–Crippen MR) is 184 cm³/mol. The standard InChI is InChI=1S/C32H36ClF3N10O4.CH2O2/c1-42-8-6-19(7-9-42)30(48)44-10-12-45(13-11-44)31(49)22-5-4-21(14-24(22)33)39-29(47)28-37-16-25(43(28)2)23-17-46(41-26(23)32(34,35)36)27-20(18-50-3)15-38-40-27;2-1-3/h4-5,14-17,19H,6-13,18H2,1-3H3,(H,38,40)(H,39,47);1H,(H,2,3). The van der Waals surface area contributed by atoms with Crippen molar-refractivity contribution in [1.82, 2.24) is 44.2 Å². The van der Waals surface area contributed by atoms with Gasteiger partial charge in [0.05, 0.1) is 34.6 Å². The maximum Gasteiger partial charge on any atom is 0.435 e. The number of nitrogens with one attached hydrogen (secondary N) is 2. The van der Waals surface area contributed by atoms with Crippen LogP contribution in [0.2, 0.25) is 5.02 Å². The number of piperidine rings is 1. The molecule has 3 N–H and O–H groups in total. The summed E-state index contributed by atoms with van der Waals surface area (Å²) in [5.41, 5.74) is -0.523. The molecule has 2 saturated heterocycles. The van der Waals surface area contributed by atoms with Crippen molar-refractivity contribution < 1.29 is 42.2 Å². The number of amides is 3. The number of carboxylic acid groups (broad SMARTS) is 1. The number of likely N-dealkylation sites (tertiary alicyclic amines) is 1. The molecule has 2 aliphatic heterocycles. The number of aromatic amines is 1. The first-order valence-corrected chi connectivity index (χ1v) is 16.8. The van der Waals surface area contributed by atoms with Crippen LogP contribution in [0.5, 0.6) is 0 Å². The summed E-state index contributed by atoms with van der Waals surface area (Å²) < 4.78 is 49.6. The Balaban J connectivity index is 0.00000175. The molecular weight excluding hydrogens is 725 g/mol. The van der Waals surface area contributed by atoms with Crippen molar-refractivity contribution in [3.63, 3.8) is 0 Å². The third-order valence-corrected chi connectivity index (χ3v) is 9.38. The number of rotatable bonds is 8. The molecule has 6 rings (SSSR count). The number of alkyl halides is 3. The Hall–Kier alpha value is -5.27. The minimum atomic E-state index is -4.82. The minimum Gasteiger partial charge on any atom is -0.483 e. The van der Waals surface area contributed by atoms with E-state index in [-0.39, 0.29) is 70.0 Å².